The van der Waals surface area contributed by atoms with Crippen molar-refractivity contribution in [3.8, 4) is 0 Å². The number of guanidine groups is 1. The number of benzene rings is 1. The third-order valence-corrected chi connectivity index (χ3v) is 5.96. The Morgan fingerprint density at radius 2 is 1.96 bits per heavy atom. The second-order valence-electron chi connectivity index (χ2n) is 6.96. The number of halogens is 1. The van der Waals surface area contributed by atoms with Gasteiger partial charge in [-0.1, -0.05) is 37.3 Å². The van der Waals surface area contributed by atoms with Gasteiger partial charge in [-0.15, -0.1) is 35.3 Å². The number of carbonyl (C=O) groups is 1. The summed E-state index contributed by atoms with van der Waals surface area (Å²) in [6, 6.07) is 12.7. The second kappa shape index (κ2) is 11.4. The molecule has 1 aliphatic rings. The molecule has 1 aromatic heterocycles. The van der Waals surface area contributed by atoms with Gasteiger partial charge in [-0.25, -0.2) is 0 Å². The highest BCUT2D eigenvalue weighted by atomic mass is 127. The molecule has 0 aliphatic carbocycles. The maximum Gasteiger partial charge on any atom is 0.222 e. The van der Waals surface area contributed by atoms with Crippen molar-refractivity contribution in [1.82, 2.24) is 15.5 Å². The van der Waals surface area contributed by atoms with Crippen LogP contribution in [-0.2, 0) is 17.9 Å². The molecule has 1 aromatic carbocycles. The third kappa shape index (κ3) is 6.48. The highest BCUT2D eigenvalue weighted by Gasteiger charge is 2.19. The van der Waals surface area contributed by atoms with Crippen molar-refractivity contribution < 1.29 is 4.79 Å². The number of aliphatic imine (C=N–C) groups is 1. The van der Waals surface area contributed by atoms with Gasteiger partial charge in [0.1, 0.15) is 0 Å². The van der Waals surface area contributed by atoms with Crippen molar-refractivity contribution in [3.63, 3.8) is 0 Å². The van der Waals surface area contributed by atoms with Crippen molar-refractivity contribution in [2.75, 3.05) is 20.1 Å². The van der Waals surface area contributed by atoms with Crippen LogP contribution in [0.3, 0.4) is 0 Å². The lowest BCUT2D eigenvalue weighted by atomic mass is 10.1. The molecule has 1 unspecified atom stereocenters. The van der Waals surface area contributed by atoms with Crippen LogP contribution in [-0.4, -0.2) is 36.9 Å². The molecular formula is C21H29IN4OS. The number of carbonyl (C=O) groups excluding carboxylic acids is 1. The number of hydrogen-bond donors (Lipinski definition) is 2. The summed E-state index contributed by atoms with van der Waals surface area (Å²) in [5, 5.41) is 8.87. The van der Waals surface area contributed by atoms with Gasteiger partial charge < -0.3 is 15.5 Å². The van der Waals surface area contributed by atoms with Crippen LogP contribution in [0.4, 0.5) is 0 Å². The van der Waals surface area contributed by atoms with Crippen molar-refractivity contribution in [2.24, 2.45) is 4.99 Å². The molecule has 2 heterocycles. The average Bonchev–Trinajstić information content (AvgIpc) is 3.35. The van der Waals surface area contributed by atoms with Crippen LogP contribution in [0.5, 0.6) is 0 Å². The zero-order chi connectivity index (χ0) is 19.1. The van der Waals surface area contributed by atoms with Crippen molar-refractivity contribution in [2.45, 2.75) is 38.8 Å². The minimum absolute atomic E-state index is 0. The van der Waals surface area contributed by atoms with Gasteiger partial charge in [0.15, 0.2) is 5.96 Å². The molecule has 7 heteroatoms. The summed E-state index contributed by atoms with van der Waals surface area (Å²) in [7, 11) is 1.79. The number of nitrogens with one attached hydrogen (secondary N) is 2. The van der Waals surface area contributed by atoms with Gasteiger partial charge in [-0.3, -0.25) is 9.79 Å². The fourth-order valence-electron chi connectivity index (χ4n) is 3.18. The average molecular weight is 512 g/mol. The van der Waals surface area contributed by atoms with Gasteiger partial charge in [0.25, 0.3) is 0 Å². The summed E-state index contributed by atoms with van der Waals surface area (Å²) in [6.45, 7) is 5.39. The summed E-state index contributed by atoms with van der Waals surface area (Å²) in [6.07, 6.45) is 1.68. The summed E-state index contributed by atoms with van der Waals surface area (Å²) in [4.78, 5) is 19.4. The Labute approximate surface area is 188 Å². The van der Waals surface area contributed by atoms with E-state index in [1.165, 1.54) is 16.0 Å². The number of thiophene rings is 1. The van der Waals surface area contributed by atoms with Crippen LogP contribution in [0.15, 0.2) is 46.8 Å². The van der Waals surface area contributed by atoms with E-state index in [4.69, 9.17) is 0 Å². The summed E-state index contributed by atoms with van der Waals surface area (Å²) in [5.41, 5.74) is 2.38. The molecule has 152 valence electrons. The molecule has 0 spiro atoms. The standard InChI is InChI=1S/C21H28N4OS.HI/c1-16(19-5-4-12-27-19)13-23-21(22-2)24-14-17-7-9-18(10-8-17)15-25-11-3-6-20(25)26;/h4-5,7-10,12,16H,3,6,11,13-15H2,1-2H3,(H2,22,23,24);1H. The van der Waals surface area contributed by atoms with Crippen LogP contribution in [0, 0.1) is 0 Å². The predicted molar refractivity (Wildman–Crippen MR) is 127 cm³/mol. The smallest absolute Gasteiger partial charge is 0.222 e. The molecule has 2 aromatic rings. The third-order valence-electron chi connectivity index (χ3n) is 4.86. The van der Waals surface area contributed by atoms with Gasteiger partial charge in [-0.2, -0.15) is 0 Å². The Hall–Kier alpha value is -1.61. The maximum atomic E-state index is 11.7. The first-order valence-corrected chi connectivity index (χ1v) is 10.4. The van der Waals surface area contributed by atoms with E-state index in [1.54, 1.807) is 18.4 Å². The molecule has 1 atom stereocenters. The molecule has 0 bridgehead atoms. The normalized spacial score (nSPS) is 15.3. The zero-order valence-corrected chi connectivity index (χ0v) is 19.6. The number of amides is 1. The molecule has 28 heavy (non-hydrogen) atoms. The van der Waals surface area contributed by atoms with E-state index in [-0.39, 0.29) is 29.9 Å². The molecule has 3 rings (SSSR count). The molecule has 1 aliphatic heterocycles. The molecule has 5 nitrogen and oxygen atoms in total. The Morgan fingerprint density at radius 1 is 1.21 bits per heavy atom. The van der Waals surface area contributed by atoms with Gasteiger partial charge in [0.05, 0.1) is 0 Å². The first-order valence-electron chi connectivity index (χ1n) is 9.49. The van der Waals surface area contributed by atoms with E-state index >= 15 is 0 Å². The minimum Gasteiger partial charge on any atom is -0.356 e. The molecule has 0 radical (unpaired) electrons. The number of likely N-dealkylation sites (tertiary alicyclic amines) is 1. The molecule has 0 saturated carbocycles. The second-order valence-corrected chi connectivity index (χ2v) is 7.94. The largest absolute Gasteiger partial charge is 0.356 e. The monoisotopic (exact) mass is 512 g/mol. The van der Waals surface area contributed by atoms with Gasteiger partial charge in [0.2, 0.25) is 5.91 Å². The fraction of sp³-hybridized carbons (Fsp3) is 0.429. The van der Waals surface area contributed by atoms with Crippen molar-refractivity contribution >= 4 is 47.2 Å². The quantitative estimate of drug-likeness (QED) is 0.336. The summed E-state index contributed by atoms with van der Waals surface area (Å²) >= 11 is 1.79. The van der Waals surface area contributed by atoms with E-state index < -0.39 is 0 Å². The lowest BCUT2D eigenvalue weighted by Crippen LogP contribution is -2.38. The topological polar surface area (TPSA) is 56.7 Å². The molecule has 1 amide bonds. The maximum absolute atomic E-state index is 11.7. The number of hydrogen-bond acceptors (Lipinski definition) is 3. The van der Waals surface area contributed by atoms with E-state index in [0.717, 1.165) is 38.6 Å². The molecule has 2 N–H and O–H groups in total. The highest BCUT2D eigenvalue weighted by molar-refractivity contribution is 14.0. The lowest BCUT2D eigenvalue weighted by molar-refractivity contribution is -0.128. The number of nitrogens with zero attached hydrogens (tertiary/aromatic N) is 2. The van der Waals surface area contributed by atoms with Crippen LogP contribution in [0.25, 0.3) is 0 Å². The Bertz CT molecular complexity index is 761. The van der Waals surface area contributed by atoms with Crippen molar-refractivity contribution in [3.05, 3.63) is 57.8 Å². The summed E-state index contributed by atoms with van der Waals surface area (Å²) in [5.74, 6) is 1.54. The van der Waals surface area contributed by atoms with E-state index in [0.29, 0.717) is 12.3 Å². The lowest BCUT2D eigenvalue weighted by Gasteiger charge is -2.16. The zero-order valence-electron chi connectivity index (χ0n) is 16.5. The SMILES string of the molecule is CN=C(NCc1ccc(CN2CCCC2=O)cc1)NCC(C)c1cccs1.I. The fourth-order valence-corrected chi connectivity index (χ4v) is 3.97. The van der Waals surface area contributed by atoms with E-state index in [2.05, 4.69) is 64.3 Å². The van der Waals surface area contributed by atoms with Crippen LogP contribution in [0.2, 0.25) is 0 Å². The molecule has 1 fully saturated rings. The summed E-state index contributed by atoms with van der Waals surface area (Å²) < 4.78 is 0. The Morgan fingerprint density at radius 3 is 2.57 bits per heavy atom. The predicted octanol–water partition coefficient (Wildman–Crippen LogP) is 3.96. The minimum atomic E-state index is 0. The van der Waals surface area contributed by atoms with Crippen LogP contribution >= 0.6 is 35.3 Å². The first-order chi connectivity index (χ1) is 13.2. The first kappa shape index (κ1) is 22.7. The highest BCUT2D eigenvalue weighted by Crippen LogP contribution is 2.19. The van der Waals surface area contributed by atoms with Crippen LogP contribution < -0.4 is 10.6 Å². The van der Waals surface area contributed by atoms with Crippen LogP contribution in [0.1, 0.15) is 41.7 Å². The van der Waals surface area contributed by atoms with E-state index in [1.807, 2.05) is 4.90 Å². The van der Waals surface area contributed by atoms with Gasteiger partial charge >= 0.3 is 0 Å². The Kier molecular flexibility index (Phi) is 9.24. The number of rotatable bonds is 7. The van der Waals surface area contributed by atoms with E-state index in [9.17, 15) is 4.79 Å². The molecular weight excluding hydrogens is 483 g/mol. The molecule has 1 saturated heterocycles. The van der Waals surface area contributed by atoms with Gasteiger partial charge in [-0.05, 0) is 29.0 Å². The Balaban J connectivity index is 0.00000280. The van der Waals surface area contributed by atoms with Gasteiger partial charge in [0, 0.05) is 50.4 Å². The van der Waals surface area contributed by atoms with Crippen molar-refractivity contribution in [1.29, 1.82) is 0 Å².